The van der Waals surface area contributed by atoms with Gasteiger partial charge in [-0.15, -0.1) is 0 Å². The van der Waals surface area contributed by atoms with E-state index >= 15 is 0 Å². The lowest BCUT2D eigenvalue weighted by Gasteiger charge is -2.12. The standard InChI is InChI=1S/C13H16ClNO2.C9H8BrCl.C4H9NO2.S12.S11/c1-15(17-2)13(16)6-4-3-5-11-7-9-12(14)10-8-11;10-7-1-2-8-3-5-9(11)6-4-8;1-4(6)5(2)7-3;1-3-5-7-9-11-12-10-8-6-4-2;1-3-5-7-9-11-10-8-6-4-2/h3,5,7-10H,4,6H2,1-2H3;1-6H,7H2;1-3H3;;/b5-3+;2-1+;;;. The maximum Gasteiger partial charge on any atom is 0.246 e. The molecule has 2 rings (SSSR count). The van der Waals surface area contributed by atoms with Crippen LogP contribution in [-0.4, -0.2) is 55.6 Å². The summed E-state index contributed by atoms with van der Waals surface area (Å²) < 4.78 is 0. The summed E-state index contributed by atoms with van der Waals surface area (Å²) in [5, 5.41) is 4.77. The molecule has 2 aromatic rings. The first-order chi connectivity index (χ1) is 28.0. The van der Waals surface area contributed by atoms with Gasteiger partial charge in [-0.05, 0) is 41.8 Å². The maximum absolute atomic E-state index is 11.4. The van der Waals surface area contributed by atoms with E-state index in [0.717, 1.165) is 26.0 Å². The number of carbonyl (C=O) groups is 2. The van der Waals surface area contributed by atoms with Crippen molar-refractivity contribution >= 4 is 277 Å². The number of halogens is 3. The Kier molecular flexibility index (Phi) is 59.0. The molecule has 0 spiro atoms. The first-order valence-electron chi connectivity index (χ1n) is 14.1. The largest absolute Gasteiger partial charge is 0.275 e. The third kappa shape index (κ3) is 49.9. The van der Waals surface area contributed by atoms with E-state index < -0.39 is 0 Å². The smallest absolute Gasteiger partial charge is 0.246 e. The summed E-state index contributed by atoms with van der Waals surface area (Å²) in [5.74, 6) is -0.129. The van der Waals surface area contributed by atoms with Crippen LogP contribution in [0.25, 0.3) is 12.2 Å². The molecule has 2 amide bonds. The van der Waals surface area contributed by atoms with Crippen molar-refractivity contribution in [2.24, 2.45) is 0 Å². The van der Waals surface area contributed by atoms with Gasteiger partial charge in [-0.2, -0.15) is 0 Å². The number of alkyl halides is 1. The number of allylic oxidation sites excluding steroid dienone is 2. The van der Waals surface area contributed by atoms with Gasteiger partial charge in [0.1, 0.15) is 0 Å². The lowest BCUT2D eigenvalue weighted by atomic mass is 10.2. The predicted molar refractivity (Wildman–Crippen MR) is 319 cm³/mol. The van der Waals surface area contributed by atoms with Crippen LogP contribution in [0.3, 0.4) is 0 Å². The quantitative estimate of drug-likeness (QED) is 0.210. The molecule has 0 aliphatic carbocycles. The Morgan fingerprint density at radius 2 is 0.897 bits per heavy atom. The van der Waals surface area contributed by atoms with E-state index in [1.165, 1.54) is 67.3 Å². The van der Waals surface area contributed by atoms with Crippen LogP contribution in [-0.2, 0) is 233 Å². The Morgan fingerprint density at radius 3 is 1.16 bits per heavy atom. The van der Waals surface area contributed by atoms with Crippen LogP contribution in [0.2, 0.25) is 10.0 Å². The van der Waals surface area contributed by atoms with Gasteiger partial charge in [-0.25, -0.2) is 10.1 Å². The first-order valence-corrected chi connectivity index (χ1v) is 44.0. The molecule has 0 saturated heterocycles. The van der Waals surface area contributed by atoms with Crippen molar-refractivity contribution in [3.63, 3.8) is 0 Å². The highest BCUT2D eigenvalue weighted by atomic mass is 79.9. The van der Waals surface area contributed by atoms with Crippen molar-refractivity contribution < 1.29 is 19.3 Å². The van der Waals surface area contributed by atoms with Gasteiger partial charge >= 0.3 is 0 Å². The highest BCUT2D eigenvalue weighted by molar-refractivity contribution is 9.09. The fraction of sp³-hybridized carbons (Fsp3) is 0.308. The Hall–Kier alpha value is 2.90. The van der Waals surface area contributed by atoms with Crippen molar-refractivity contribution in [3.8, 4) is 0 Å². The Labute approximate surface area is 433 Å². The molecule has 2 aromatic carbocycles. The van der Waals surface area contributed by atoms with E-state index in [4.69, 9.17) is 28.0 Å². The average molecular weight is 1330 g/mol. The van der Waals surface area contributed by atoms with Crippen molar-refractivity contribution in [1.82, 2.24) is 10.1 Å². The third-order valence-corrected chi connectivity index (χ3v) is 43.4. The second-order valence-electron chi connectivity index (χ2n) is 8.17. The molecule has 0 fully saturated rings. The lowest BCUT2D eigenvalue weighted by Crippen LogP contribution is -2.24. The number of benzene rings is 2. The third-order valence-electron chi connectivity index (χ3n) is 4.79. The predicted octanol–water partition coefficient (Wildman–Crippen LogP) is 6.87. The van der Waals surface area contributed by atoms with Crippen LogP contribution in [0.4, 0.5) is 0 Å². The van der Waals surface area contributed by atoms with E-state index in [9.17, 15) is 9.59 Å². The molecule has 0 unspecified atom stereocenters. The summed E-state index contributed by atoms with van der Waals surface area (Å²) in [6.07, 6.45) is 9.15. The van der Waals surface area contributed by atoms with Crippen LogP contribution in [0.5, 0.6) is 0 Å². The fourth-order valence-electron chi connectivity index (χ4n) is 2.31. The molecular formula is C26H33BrCl2N2O4S23. The molecule has 0 saturated carbocycles. The monoisotopic (exact) mass is 1320 g/mol. The van der Waals surface area contributed by atoms with E-state index in [-0.39, 0.29) is 11.8 Å². The zero-order valence-electron chi connectivity index (χ0n) is 30.1. The Balaban J connectivity index is -0.000000670. The highest BCUT2D eigenvalue weighted by Gasteiger charge is 2.05. The summed E-state index contributed by atoms with van der Waals surface area (Å²) >= 11 is 33.5. The second-order valence-corrected chi connectivity index (χ2v) is 43.3. The number of hydrogen-bond donors (Lipinski definition) is 0. The molecular weight excluding hydrogens is 1290 g/mol. The average Bonchev–Trinajstić information content (AvgIpc) is 3.23. The van der Waals surface area contributed by atoms with E-state index in [1.807, 2.05) is 72.8 Å². The molecule has 0 heterocycles. The molecule has 6 nitrogen and oxygen atoms in total. The molecule has 0 bridgehead atoms. The van der Waals surface area contributed by atoms with Gasteiger partial charge < -0.3 is 0 Å². The minimum Gasteiger partial charge on any atom is -0.275 e. The molecule has 330 valence electrons. The number of hydrogen-bond acceptors (Lipinski definition) is 8. The minimum atomic E-state index is -0.0949. The van der Waals surface area contributed by atoms with Crippen LogP contribution in [0.15, 0.2) is 60.7 Å². The normalized spacial score (nSPS) is 8.97. The summed E-state index contributed by atoms with van der Waals surface area (Å²) in [6.45, 7) is 1.43. The van der Waals surface area contributed by atoms with Gasteiger partial charge in [0.2, 0.25) is 11.8 Å². The summed E-state index contributed by atoms with van der Waals surface area (Å²) in [5.41, 5.74) is 2.25. The SMILES string of the molecule is CON(C)C(=O)CC/C=C/c1ccc(Cl)cc1.CON(C)C(C)=O.Clc1ccc(/C=C/CBr)cc1.S=S=S=S=S=S=S=S=S=S=S.S=S=S=S=S=S=S=S=S=S=S=S. The van der Waals surface area contributed by atoms with E-state index in [0.29, 0.717) is 12.8 Å². The Bertz CT molecular complexity index is 2360. The van der Waals surface area contributed by atoms with Crippen molar-refractivity contribution in [2.45, 2.75) is 19.8 Å². The summed E-state index contributed by atoms with van der Waals surface area (Å²) in [6, 6.07) is 15.3. The fourth-order valence-corrected chi connectivity index (χ4v) is 43.9. The number of rotatable bonds is 8. The van der Waals surface area contributed by atoms with Gasteiger partial charge in [-0.1, -0.05) is 87.7 Å². The molecule has 0 radical (unpaired) electrons. The van der Waals surface area contributed by atoms with Gasteiger partial charge in [0.05, 0.1) is 14.2 Å². The Morgan fingerprint density at radius 1 is 0.586 bits per heavy atom. The lowest BCUT2D eigenvalue weighted by molar-refractivity contribution is -0.168. The van der Waals surface area contributed by atoms with Gasteiger partial charge in [0.25, 0.3) is 0 Å². The van der Waals surface area contributed by atoms with Crippen molar-refractivity contribution in [2.75, 3.05) is 33.6 Å². The molecule has 0 aromatic heterocycles. The zero-order chi connectivity index (χ0) is 44.1. The molecule has 0 aliphatic heterocycles. The number of amides is 2. The van der Waals surface area contributed by atoms with Crippen molar-refractivity contribution in [3.05, 3.63) is 81.9 Å². The van der Waals surface area contributed by atoms with Crippen LogP contribution in [0, 0.1) is 0 Å². The van der Waals surface area contributed by atoms with Gasteiger partial charge in [-0.3, -0.25) is 19.3 Å². The van der Waals surface area contributed by atoms with E-state index in [1.54, 1.807) is 147 Å². The summed E-state index contributed by atoms with van der Waals surface area (Å²) in [4.78, 5) is 30.8. The molecule has 58 heavy (non-hydrogen) atoms. The van der Waals surface area contributed by atoms with E-state index in [2.05, 4.69) is 65.5 Å². The number of hydroxylamine groups is 4. The molecule has 0 N–H and O–H groups in total. The second kappa shape index (κ2) is 52.5. The maximum atomic E-state index is 11.4. The van der Waals surface area contributed by atoms with Crippen molar-refractivity contribution in [1.29, 1.82) is 0 Å². The molecule has 0 aliphatic rings. The number of nitrogens with zero attached hydrogens (tertiary/aromatic N) is 2. The summed E-state index contributed by atoms with van der Waals surface area (Å²) in [7, 11) is 36.9. The molecule has 0 atom stereocenters. The minimum absolute atomic E-state index is 0.0340. The number of carbonyl (C=O) groups excluding carboxylic acids is 2. The van der Waals surface area contributed by atoms with Gasteiger partial charge in [0.15, 0.2) is 0 Å². The molecule has 32 heteroatoms. The van der Waals surface area contributed by atoms with Gasteiger partial charge in [0, 0.05) is 256 Å². The highest BCUT2D eigenvalue weighted by Crippen LogP contribution is 2.12. The topological polar surface area (TPSA) is 59.1 Å². The zero-order valence-corrected chi connectivity index (χ0v) is 52.0. The van der Waals surface area contributed by atoms with Crippen LogP contribution >= 0.6 is 39.1 Å². The first kappa shape index (κ1) is 65.2. The van der Waals surface area contributed by atoms with Crippen LogP contribution < -0.4 is 0 Å². The van der Waals surface area contributed by atoms with Crippen LogP contribution in [0.1, 0.15) is 30.9 Å².